The molecule has 2 aromatic carbocycles. The molecule has 0 radical (unpaired) electrons. The molecule has 7 heteroatoms. The number of para-hydroxylation sites is 1. The first-order valence-electron chi connectivity index (χ1n) is 7.16. The van der Waals surface area contributed by atoms with E-state index in [0.717, 1.165) is 10.9 Å². The third-order valence-electron chi connectivity index (χ3n) is 3.77. The average Bonchev–Trinajstić information content (AvgIpc) is 3.13. The molecular weight excluding hydrogens is 328 g/mol. The lowest BCUT2D eigenvalue weighted by Crippen LogP contribution is -1.91. The van der Waals surface area contributed by atoms with E-state index < -0.39 is 5.91 Å². The fourth-order valence-electron chi connectivity index (χ4n) is 2.63. The number of carbonyl (C=O) groups excluding carboxylic acids is 1. The summed E-state index contributed by atoms with van der Waals surface area (Å²) in [5, 5.41) is 19.5. The molecule has 24 heavy (non-hydrogen) atoms. The van der Waals surface area contributed by atoms with E-state index in [1.807, 2.05) is 24.3 Å². The van der Waals surface area contributed by atoms with Gasteiger partial charge in [0, 0.05) is 27.5 Å². The van der Waals surface area contributed by atoms with Crippen molar-refractivity contribution in [2.45, 2.75) is 0 Å². The lowest BCUT2D eigenvalue weighted by Gasteiger charge is -1.94. The summed E-state index contributed by atoms with van der Waals surface area (Å²) in [4.78, 5) is 18.1. The number of hydrogen-bond donors (Lipinski definition) is 3. The van der Waals surface area contributed by atoms with E-state index in [-0.39, 0.29) is 11.6 Å². The second-order valence-electron chi connectivity index (χ2n) is 5.27. The number of azo groups is 1. The molecule has 2 aromatic heterocycles. The van der Waals surface area contributed by atoms with Gasteiger partial charge in [0.2, 0.25) is 5.88 Å². The van der Waals surface area contributed by atoms with Crippen LogP contribution in [0.1, 0.15) is 10.4 Å². The van der Waals surface area contributed by atoms with Crippen molar-refractivity contribution < 1.29 is 9.90 Å². The zero-order valence-electron chi connectivity index (χ0n) is 12.2. The van der Waals surface area contributed by atoms with Gasteiger partial charge in [-0.05, 0) is 24.3 Å². The highest BCUT2D eigenvalue weighted by molar-refractivity contribution is 6.31. The van der Waals surface area contributed by atoms with E-state index in [1.54, 1.807) is 24.4 Å². The number of fused-ring (bicyclic) bond motifs is 2. The van der Waals surface area contributed by atoms with Crippen molar-refractivity contribution in [3.8, 4) is 5.88 Å². The molecular formula is C17H11ClN4O2. The predicted molar refractivity (Wildman–Crippen MR) is 92.1 cm³/mol. The first-order valence-corrected chi connectivity index (χ1v) is 7.53. The number of nitrogens with zero attached hydrogens (tertiary/aromatic N) is 2. The summed E-state index contributed by atoms with van der Waals surface area (Å²) in [6, 6.07) is 12.5. The highest BCUT2D eigenvalue weighted by Gasteiger charge is 2.14. The number of carbonyl (C=O) groups is 1. The van der Waals surface area contributed by atoms with Crippen LogP contribution in [0, 0.1) is 0 Å². The second kappa shape index (κ2) is 5.50. The summed E-state index contributed by atoms with van der Waals surface area (Å²) in [6.45, 7) is 0. The Labute approximate surface area is 140 Å². The lowest BCUT2D eigenvalue weighted by atomic mass is 10.2. The quantitative estimate of drug-likeness (QED) is 0.452. The minimum atomic E-state index is -0.497. The zero-order chi connectivity index (χ0) is 16.7. The molecule has 0 saturated heterocycles. The largest absolute Gasteiger partial charge is 0.493 e. The molecule has 3 N–H and O–H groups in total. The highest BCUT2D eigenvalue weighted by atomic mass is 35.5. The van der Waals surface area contributed by atoms with Crippen LogP contribution in [0.25, 0.3) is 21.8 Å². The number of aromatic nitrogens is 2. The van der Waals surface area contributed by atoms with Gasteiger partial charge in [-0.1, -0.05) is 29.8 Å². The van der Waals surface area contributed by atoms with Crippen molar-refractivity contribution in [2.24, 2.45) is 10.2 Å². The van der Waals surface area contributed by atoms with Crippen molar-refractivity contribution in [3.05, 3.63) is 59.2 Å². The number of H-pyrrole nitrogens is 2. The molecule has 0 aliphatic carbocycles. The molecule has 0 aliphatic heterocycles. The normalized spacial score (nSPS) is 11.7. The van der Waals surface area contributed by atoms with Crippen LogP contribution in [0.15, 0.2) is 58.9 Å². The number of hydrogen-bond acceptors (Lipinski definition) is 3. The molecule has 0 unspecified atom stereocenters. The monoisotopic (exact) mass is 338 g/mol. The summed E-state index contributed by atoms with van der Waals surface area (Å²) in [6.07, 6.45) is 1.60. The highest BCUT2D eigenvalue weighted by Crippen LogP contribution is 2.36. The van der Waals surface area contributed by atoms with E-state index >= 15 is 0 Å². The number of amides is 1. The van der Waals surface area contributed by atoms with E-state index in [9.17, 15) is 9.90 Å². The van der Waals surface area contributed by atoms with Gasteiger partial charge < -0.3 is 15.1 Å². The van der Waals surface area contributed by atoms with Gasteiger partial charge in [0.15, 0.2) is 5.69 Å². The molecule has 0 bridgehead atoms. The first-order chi connectivity index (χ1) is 11.6. The van der Waals surface area contributed by atoms with Crippen molar-refractivity contribution >= 4 is 45.0 Å². The fraction of sp³-hybridized carbons (Fsp3) is 0. The molecule has 4 aromatic rings. The molecule has 0 aliphatic rings. The van der Waals surface area contributed by atoms with Gasteiger partial charge in [-0.15, -0.1) is 10.2 Å². The Bertz CT molecular complexity index is 1110. The summed E-state index contributed by atoms with van der Waals surface area (Å²) in [5.74, 6) is -0.661. The van der Waals surface area contributed by atoms with Gasteiger partial charge in [-0.3, -0.25) is 4.79 Å². The molecule has 1 amide bonds. The summed E-state index contributed by atoms with van der Waals surface area (Å²) < 4.78 is 0. The Balaban J connectivity index is 1.74. The van der Waals surface area contributed by atoms with Crippen LogP contribution in [0.4, 0.5) is 5.69 Å². The van der Waals surface area contributed by atoms with Crippen LogP contribution in [-0.2, 0) is 0 Å². The Hall–Kier alpha value is -3.12. The van der Waals surface area contributed by atoms with Crippen molar-refractivity contribution in [1.82, 2.24) is 9.97 Å². The minimum absolute atomic E-state index is 0.164. The van der Waals surface area contributed by atoms with Gasteiger partial charge in [-0.2, -0.15) is 0 Å². The number of aromatic amines is 2. The Morgan fingerprint density at radius 1 is 1.08 bits per heavy atom. The summed E-state index contributed by atoms with van der Waals surface area (Å²) in [7, 11) is 0. The van der Waals surface area contributed by atoms with Gasteiger partial charge in [0.25, 0.3) is 5.91 Å². The van der Waals surface area contributed by atoms with Crippen LogP contribution in [0.2, 0.25) is 5.02 Å². The number of aromatic hydroxyl groups is 1. The SMILES string of the molecule is O=C(N=Nc1c(O)[nH]c2ccc(Cl)cc12)c1c[nH]c2ccccc12. The van der Waals surface area contributed by atoms with Gasteiger partial charge in [-0.25, -0.2) is 0 Å². The van der Waals surface area contributed by atoms with E-state index in [2.05, 4.69) is 20.2 Å². The molecule has 0 fully saturated rings. The van der Waals surface area contributed by atoms with E-state index in [4.69, 9.17) is 11.6 Å². The number of benzene rings is 2. The summed E-state index contributed by atoms with van der Waals surface area (Å²) >= 11 is 5.97. The minimum Gasteiger partial charge on any atom is -0.493 e. The topological polar surface area (TPSA) is 93.6 Å². The molecule has 0 atom stereocenters. The maximum absolute atomic E-state index is 12.3. The molecule has 118 valence electrons. The molecule has 4 rings (SSSR count). The number of halogens is 1. The molecule has 2 heterocycles. The van der Waals surface area contributed by atoms with Crippen LogP contribution in [0.5, 0.6) is 5.88 Å². The second-order valence-corrected chi connectivity index (χ2v) is 5.70. The molecule has 0 saturated carbocycles. The van der Waals surface area contributed by atoms with Gasteiger partial charge in [0.05, 0.1) is 11.1 Å². The Morgan fingerprint density at radius 3 is 2.79 bits per heavy atom. The van der Waals surface area contributed by atoms with Crippen molar-refractivity contribution in [1.29, 1.82) is 0 Å². The van der Waals surface area contributed by atoms with Gasteiger partial charge in [0.1, 0.15) is 0 Å². The third kappa shape index (κ3) is 2.33. The summed E-state index contributed by atoms with van der Waals surface area (Å²) in [5.41, 5.74) is 2.11. The van der Waals surface area contributed by atoms with Crippen molar-refractivity contribution in [2.75, 3.05) is 0 Å². The maximum atomic E-state index is 12.3. The lowest BCUT2D eigenvalue weighted by molar-refractivity contribution is 0.0996. The van der Waals surface area contributed by atoms with Crippen LogP contribution in [0.3, 0.4) is 0 Å². The predicted octanol–water partition coefficient (Wildman–Crippen LogP) is 4.93. The van der Waals surface area contributed by atoms with E-state index in [0.29, 0.717) is 21.5 Å². The first kappa shape index (κ1) is 14.5. The third-order valence-corrected chi connectivity index (χ3v) is 4.01. The Kier molecular flexibility index (Phi) is 3.32. The van der Waals surface area contributed by atoms with E-state index in [1.165, 1.54) is 0 Å². The fourth-order valence-corrected chi connectivity index (χ4v) is 2.81. The van der Waals surface area contributed by atoms with Crippen molar-refractivity contribution in [3.63, 3.8) is 0 Å². The van der Waals surface area contributed by atoms with Crippen LogP contribution < -0.4 is 0 Å². The number of rotatable bonds is 2. The standard InChI is InChI=1S/C17H11ClN4O2/c18-9-5-6-14-11(7-9)15(17(24)20-14)21-22-16(23)12-8-19-13-4-2-1-3-10(12)13/h1-8,19-20,24H. The molecule has 6 nitrogen and oxygen atoms in total. The smallest absolute Gasteiger partial charge is 0.297 e. The maximum Gasteiger partial charge on any atom is 0.297 e. The Morgan fingerprint density at radius 2 is 1.92 bits per heavy atom. The van der Waals surface area contributed by atoms with Gasteiger partial charge >= 0.3 is 0 Å². The molecule has 0 spiro atoms. The van der Waals surface area contributed by atoms with Crippen LogP contribution >= 0.6 is 11.6 Å². The average molecular weight is 339 g/mol. The van der Waals surface area contributed by atoms with Crippen LogP contribution in [-0.4, -0.2) is 21.0 Å². The number of nitrogens with one attached hydrogen (secondary N) is 2. The zero-order valence-corrected chi connectivity index (χ0v) is 13.0.